The highest BCUT2D eigenvalue weighted by atomic mass is 19.1. The number of nitrogens with one attached hydrogen (secondary N) is 2. The van der Waals surface area contributed by atoms with Gasteiger partial charge in [-0.05, 0) is 37.6 Å². The van der Waals surface area contributed by atoms with E-state index >= 15 is 0 Å². The average molecular weight is 468 g/mol. The van der Waals surface area contributed by atoms with E-state index in [9.17, 15) is 24.1 Å². The molecule has 1 aromatic heterocycles. The molecule has 0 saturated carbocycles. The molecule has 2 N–H and O–H groups in total. The molecule has 176 valence electrons. The van der Waals surface area contributed by atoms with Gasteiger partial charge in [-0.3, -0.25) is 35.5 Å². The number of nitro benzene ring substituents is 1. The number of aromatic nitrogens is 2. The molecule has 0 bridgehead atoms. The minimum atomic E-state index is -0.663. The number of carbonyl (C=O) groups is 2. The van der Waals surface area contributed by atoms with Crippen molar-refractivity contribution in [2.75, 3.05) is 19.6 Å². The standard InChI is InChI=1S/C22H21FN6O5/c23-17-7-1-4-14(10-17)20-24-22(34-27-20)16-6-3-9-28(12-16)13-19(30)25-26-21(31)15-5-2-8-18(11-15)29(32)33/h1-2,4-5,7-8,10-11,16H,3,6,9,12-13H2,(H,25,30)(H,26,31). The number of hydrogen-bond donors (Lipinski definition) is 2. The molecule has 12 heteroatoms. The Morgan fingerprint density at radius 1 is 1.21 bits per heavy atom. The number of halogens is 1. The maximum absolute atomic E-state index is 13.5. The highest BCUT2D eigenvalue weighted by Gasteiger charge is 2.27. The molecule has 34 heavy (non-hydrogen) atoms. The van der Waals surface area contributed by atoms with E-state index in [1.165, 1.54) is 30.3 Å². The van der Waals surface area contributed by atoms with Crippen LogP contribution < -0.4 is 10.9 Å². The van der Waals surface area contributed by atoms with E-state index < -0.39 is 22.6 Å². The zero-order valence-corrected chi connectivity index (χ0v) is 17.9. The SMILES string of the molecule is O=C(CN1CCCC(c2nc(-c3cccc(F)c3)no2)C1)NNC(=O)c1cccc([N+](=O)[O-])c1. The van der Waals surface area contributed by atoms with Crippen LogP contribution in [0.1, 0.15) is 35.0 Å². The number of nitrogens with zero attached hydrogens (tertiary/aromatic N) is 4. The Bertz CT molecular complexity index is 1220. The highest BCUT2D eigenvalue weighted by molar-refractivity contribution is 5.96. The predicted octanol–water partition coefficient (Wildman–Crippen LogP) is 2.42. The van der Waals surface area contributed by atoms with E-state index in [1.807, 2.05) is 4.90 Å². The second-order valence-electron chi connectivity index (χ2n) is 7.85. The van der Waals surface area contributed by atoms with Crippen molar-refractivity contribution in [3.8, 4) is 11.4 Å². The summed E-state index contributed by atoms with van der Waals surface area (Å²) in [5, 5.41) is 14.8. The summed E-state index contributed by atoms with van der Waals surface area (Å²) >= 11 is 0. The number of carbonyl (C=O) groups excluding carboxylic acids is 2. The Balaban J connectivity index is 1.30. The number of benzene rings is 2. The van der Waals surface area contributed by atoms with E-state index in [0.717, 1.165) is 18.9 Å². The topological polar surface area (TPSA) is 144 Å². The third-order valence-corrected chi connectivity index (χ3v) is 5.38. The van der Waals surface area contributed by atoms with Gasteiger partial charge in [0.05, 0.1) is 17.4 Å². The minimum absolute atomic E-state index is 0.0244. The molecule has 11 nitrogen and oxygen atoms in total. The smallest absolute Gasteiger partial charge is 0.270 e. The number of hydrazine groups is 1. The second kappa shape index (κ2) is 10.2. The Morgan fingerprint density at radius 3 is 2.82 bits per heavy atom. The van der Waals surface area contributed by atoms with Gasteiger partial charge in [0.25, 0.3) is 17.5 Å². The number of rotatable bonds is 6. The molecular formula is C22H21FN6O5. The van der Waals surface area contributed by atoms with Gasteiger partial charge in [-0.1, -0.05) is 23.4 Å². The number of amides is 2. The van der Waals surface area contributed by atoms with Gasteiger partial charge in [0.2, 0.25) is 11.7 Å². The fourth-order valence-electron chi connectivity index (χ4n) is 3.75. The van der Waals surface area contributed by atoms with Crippen LogP contribution in [0.5, 0.6) is 0 Å². The van der Waals surface area contributed by atoms with Gasteiger partial charge in [-0.15, -0.1) is 0 Å². The zero-order valence-electron chi connectivity index (χ0n) is 17.9. The van der Waals surface area contributed by atoms with Crippen LogP contribution in [-0.4, -0.2) is 51.4 Å². The summed E-state index contributed by atoms with van der Waals surface area (Å²) < 4.78 is 18.9. The lowest BCUT2D eigenvalue weighted by Gasteiger charge is -2.30. The molecule has 3 aromatic rings. The van der Waals surface area contributed by atoms with Crippen molar-refractivity contribution >= 4 is 17.5 Å². The molecule has 1 saturated heterocycles. The van der Waals surface area contributed by atoms with Crippen LogP contribution in [0.25, 0.3) is 11.4 Å². The van der Waals surface area contributed by atoms with E-state index in [1.54, 1.807) is 12.1 Å². The maximum Gasteiger partial charge on any atom is 0.270 e. The number of non-ortho nitro benzene ring substituents is 1. The fourth-order valence-corrected chi connectivity index (χ4v) is 3.75. The van der Waals surface area contributed by atoms with Crippen LogP contribution in [0.15, 0.2) is 53.1 Å². The number of nitro groups is 1. The van der Waals surface area contributed by atoms with Crippen LogP contribution >= 0.6 is 0 Å². The lowest BCUT2D eigenvalue weighted by Crippen LogP contribution is -2.48. The van der Waals surface area contributed by atoms with Crippen molar-refractivity contribution in [1.29, 1.82) is 0 Å². The molecule has 1 aliphatic heterocycles. The minimum Gasteiger partial charge on any atom is -0.339 e. The molecule has 2 aromatic carbocycles. The summed E-state index contributed by atoms with van der Waals surface area (Å²) in [4.78, 5) is 41.0. The number of likely N-dealkylation sites (tertiary alicyclic amines) is 1. The lowest BCUT2D eigenvalue weighted by molar-refractivity contribution is -0.384. The molecule has 4 rings (SSSR count). The Hall–Kier alpha value is -4.19. The molecular weight excluding hydrogens is 447 g/mol. The summed E-state index contributed by atoms with van der Waals surface area (Å²) in [6, 6.07) is 11.1. The Kier molecular flexibility index (Phi) is 6.87. The first-order valence-corrected chi connectivity index (χ1v) is 10.5. The molecule has 0 radical (unpaired) electrons. The van der Waals surface area contributed by atoms with E-state index in [0.29, 0.717) is 30.4 Å². The van der Waals surface area contributed by atoms with Crippen molar-refractivity contribution in [3.63, 3.8) is 0 Å². The first-order chi connectivity index (χ1) is 16.4. The first-order valence-electron chi connectivity index (χ1n) is 10.5. The van der Waals surface area contributed by atoms with Gasteiger partial charge in [0, 0.05) is 29.8 Å². The van der Waals surface area contributed by atoms with Crippen LogP contribution in [0.4, 0.5) is 10.1 Å². The number of piperidine rings is 1. The molecule has 2 amide bonds. The Labute approximate surface area is 193 Å². The van der Waals surface area contributed by atoms with Gasteiger partial charge in [-0.25, -0.2) is 4.39 Å². The Morgan fingerprint density at radius 2 is 2.03 bits per heavy atom. The first kappa shape index (κ1) is 23.0. The summed E-state index contributed by atoms with van der Waals surface area (Å²) in [5.74, 6) is -0.863. The van der Waals surface area contributed by atoms with Gasteiger partial charge in [0.1, 0.15) is 5.82 Å². The van der Waals surface area contributed by atoms with Gasteiger partial charge >= 0.3 is 0 Å². The van der Waals surface area contributed by atoms with E-state index in [2.05, 4.69) is 21.0 Å². The molecule has 1 unspecified atom stereocenters. The molecule has 2 heterocycles. The van der Waals surface area contributed by atoms with Crippen molar-refractivity contribution < 1.29 is 23.4 Å². The van der Waals surface area contributed by atoms with Gasteiger partial charge in [-0.2, -0.15) is 4.98 Å². The summed E-state index contributed by atoms with van der Waals surface area (Å²) in [6.45, 7) is 1.20. The van der Waals surface area contributed by atoms with Crippen LogP contribution in [-0.2, 0) is 4.79 Å². The summed E-state index contributed by atoms with van der Waals surface area (Å²) in [6.07, 6.45) is 1.60. The summed E-state index contributed by atoms with van der Waals surface area (Å²) in [7, 11) is 0. The molecule has 1 fully saturated rings. The van der Waals surface area contributed by atoms with Crippen molar-refractivity contribution in [2.24, 2.45) is 0 Å². The van der Waals surface area contributed by atoms with Crippen LogP contribution in [0, 0.1) is 15.9 Å². The van der Waals surface area contributed by atoms with E-state index in [-0.39, 0.29) is 23.7 Å². The quantitative estimate of drug-likeness (QED) is 0.415. The van der Waals surface area contributed by atoms with Crippen LogP contribution in [0.3, 0.4) is 0 Å². The second-order valence-corrected chi connectivity index (χ2v) is 7.85. The maximum atomic E-state index is 13.5. The normalized spacial score (nSPS) is 16.1. The zero-order chi connectivity index (χ0) is 24.1. The van der Waals surface area contributed by atoms with Crippen LogP contribution in [0.2, 0.25) is 0 Å². The fraction of sp³-hybridized carbons (Fsp3) is 0.273. The van der Waals surface area contributed by atoms with Gasteiger partial charge < -0.3 is 4.52 Å². The number of hydrogen-bond acceptors (Lipinski definition) is 8. The molecule has 0 aliphatic carbocycles. The van der Waals surface area contributed by atoms with Crippen molar-refractivity contribution in [3.05, 3.63) is 75.9 Å². The molecule has 0 spiro atoms. The van der Waals surface area contributed by atoms with Gasteiger partial charge in [0.15, 0.2) is 0 Å². The summed E-state index contributed by atoms with van der Waals surface area (Å²) in [5.41, 5.74) is 4.94. The predicted molar refractivity (Wildman–Crippen MR) is 117 cm³/mol. The lowest BCUT2D eigenvalue weighted by atomic mass is 9.98. The van der Waals surface area contributed by atoms with Crippen molar-refractivity contribution in [2.45, 2.75) is 18.8 Å². The third kappa shape index (κ3) is 5.59. The molecule has 1 aliphatic rings. The molecule has 1 atom stereocenters. The van der Waals surface area contributed by atoms with E-state index in [4.69, 9.17) is 4.52 Å². The van der Waals surface area contributed by atoms with Crippen molar-refractivity contribution in [1.82, 2.24) is 25.9 Å². The highest BCUT2D eigenvalue weighted by Crippen LogP contribution is 2.27. The monoisotopic (exact) mass is 468 g/mol. The average Bonchev–Trinajstić information content (AvgIpc) is 3.33. The third-order valence-electron chi connectivity index (χ3n) is 5.38. The largest absolute Gasteiger partial charge is 0.339 e.